The van der Waals surface area contributed by atoms with E-state index in [-0.39, 0.29) is 6.10 Å². The zero-order valence-electron chi connectivity index (χ0n) is 12.3. The Kier molecular flexibility index (Phi) is 4.60. The van der Waals surface area contributed by atoms with Crippen LogP contribution in [0.4, 0.5) is 0 Å². The summed E-state index contributed by atoms with van der Waals surface area (Å²) in [5.41, 5.74) is 1.25. The average molecular weight is 309 g/mol. The van der Waals surface area contributed by atoms with E-state index in [4.69, 9.17) is 21.1 Å². The predicted molar refractivity (Wildman–Crippen MR) is 83.9 cm³/mol. The van der Waals surface area contributed by atoms with E-state index in [9.17, 15) is 0 Å². The van der Waals surface area contributed by atoms with Crippen LogP contribution in [-0.4, -0.2) is 49.4 Å². The molecule has 2 heterocycles. The molecule has 5 heteroatoms. The van der Waals surface area contributed by atoms with Gasteiger partial charge in [0, 0.05) is 24.2 Å². The van der Waals surface area contributed by atoms with Crippen molar-refractivity contribution in [1.29, 1.82) is 0 Å². The fraction of sp³-hybridized carbons (Fsp3) is 0.562. The number of hydrogen-bond donors (Lipinski definition) is 0. The molecule has 0 radical (unpaired) electrons. The second-order valence-electron chi connectivity index (χ2n) is 5.79. The maximum atomic E-state index is 6.11. The first-order valence-electron chi connectivity index (χ1n) is 7.42. The fourth-order valence-corrected chi connectivity index (χ4v) is 2.97. The summed E-state index contributed by atoms with van der Waals surface area (Å²) in [5, 5.41) is 0.768. The highest BCUT2D eigenvalue weighted by Gasteiger charge is 2.41. The fourth-order valence-electron chi connectivity index (χ4n) is 2.84. The Bertz CT molecular complexity index is 498. The van der Waals surface area contributed by atoms with Gasteiger partial charge in [0.2, 0.25) is 0 Å². The van der Waals surface area contributed by atoms with Gasteiger partial charge in [-0.05, 0) is 31.0 Å². The van der Waals surface area contributed by atoms with Gasteiger partial charge in [0.15, 0.2) is 5.79 Å². The van der Waals surface area contributed by atoms with Crippen LogP contribution in [0.25, 0.3) is 0 Å². The molecule has 2 aliphatic heterocycles. The van der Waals surface area contributed by atoms with Crippen LogP contribution in [0.15, 0.2) is 29.3 Å². The Morgan fingerprint density at radius 2 is 2.19 bits per heavy atom. The number of nitrogens with zero attached hydrogens (tertiary/aromatic N) is 2. The molecule has 1 fully saturated rings. The van der Waals surface area contributed by atoms with Gasteiger partial charge in [0.1, 0.15) is 0 Å². The van der Waals surface area contributed by atoms with E-state index in [1.54, 1.807) is 0 Å². The molecule has 0 amide bonds. The number of benzene rings is 1. The van der Waals surface area contributed by atoms with E-state index in [0.29, 0.717) is 6.61 Å². The standard InChI is InChI=1S/C16H21ClN2O2/c1-13-10-20-16(21-13,11-19-9-8-18-12-19)7-6-14-2-4-15(17)5-3-14/h2-5,8,13H,6-7,9-12H2,1H3/t13-,16+/m0/s1. The number of rotatable bonds is 5. The van der Waals surface area contributed by atoms with Crippen LogP contribution in [-0.2, 0) is 15.9 Å². The molecule has 1 saturated heterocycles. The Labute approximate surface area is 130 Å². The van der Waals surface area contributed by atoms with E-state index >= 15 is 0 Å². The highest BCUT2D eigenvalue weighted by atomic mass is 35.5. The normalized spacial score (nSPS) is 29.3. The van der Waals surface area contributed by atoms with Crippen molar-refractivity contribution in [2.45, 2.75) is 31.7 Å². The van der Waals surface area contributed by atoms with Gasteiger partial charge in [0.25, 0.3) is 0 Å². The van der Waals surface area contributed by atoms with E-state index in [2.05, 4.69) is 28.9 Å². The predicted octanol–water partition coefficient (Wildman–Crippen LogP) is 2.75. The summed E-state index contributed by atoms with van der Waals surface area (Å²) in [6.07, 6.45) is 3.86. The molecule has 0 aliphatic carbocycles. The van der Waals surface area contributed by atoms with E-state index in [0.717, 1.165) is 37.6 Å². The van der Waals surface area contributed by atoms with Crippen LogP contribution in [0.3, 0.4) is 0 Å². The lowest BCUT2D eigenvalue weighted by Gasteiger charge is -2.31. The summed E-state index contributed by atoms with van der Waals surface area (Å²) >= 11 is 5.93. The Hall–Kier alpha value is -0.940. The molecule has 1 aromatic rings. The number of aryl methyl sites for hydroxylation is 1. The molecule has 2 atom stereocenters. The van der Waals surface area contributed by atoms with Gasteiger partial charge in [0.05, 0.1) is 25.9 Å². The highest BCUT2D eigenvalue weighted by molar-refractivity contribution is 6.30. The molecule has 21 heavy (non-hydrogen) atoms. The van der Waals surface area contributed by atoms with Gasteiger partial charge >= 0.3 is 0 Å². The topological polar surface area (TPSA) is 34.1 Å². The van der Waals surface area contributed by atoms with Crippen molar-refractivity contribution in [3.8, 4) is 0 Å². The molecule has 0 aromatic heterocycles. The second-order valence-corrected chi connectivity index (χ2v) is 6.23. The quantitative estimate of drug-likeness (QED) is 0.839. The second kappa shape index (κ2) is 6.44. The van der Waals surface area contributed by atoms with Gasteiger partial charge in [-0.3, -0.25) is 9.89 Å². The molecule has 4 nitrogen and oxygen atoms in total. The van der Waals surface area contributed by atoms with Crippen LogP contribution in [0.1, 0.15) is 18.9 Å². The molecule has 0 spiro atoms. The molecule has 0 unspecified atom stereocenters. The lowest BCUT2D eigenvalue weighted by molar-refractivity contribution is -0.181. The Morgan fingerprint density at radius 3 is 2.81 bits per heavy atom. The minimum Gasteiger partial charge on any atom is -0.346 e. The molecule has 3 rings (SSSR count). The number of ether oxygens (including phenoxy) is 2. The Morgan fingerprint density at radius 1 is 1.38 bits per heavy atom. The third-order valence-corrected chi connectivity index (χ3v) is 4.17. The van der Waals surface area contributed by atoms with Crippen LogP contribution >= 0.6 is 11.6 Å². The first-order chi connectivity index (χ1) is 10.2. The number of hydrogen-bond acceptors (Lipinski definition) is 4. The molecule has 114 valence electrons. The molecule has 1 aromatic carbocycles. The molecule has 2 aliphatic rings. The number of aliphatic imine (C=N–C) groups is 1. The lowest BCUT2D eigenvalue weighted by atomic mass is 10.0. The van der Waals surface area contributed by atoms with Crippen molar-refractivity contribution < 1.29 is 9.47 Å². The molecular weight excluding hydrogens is 288 g/mol. The summed E-state index contributed by atoms with van der Waals surface area (Å²) in [6.45, 7) is 5.11. The monoisotopic (exact) mass is 308 g/mol. The third-order valence-electron chi connectivity index (χ3n) is 3.92. The zero-order valence-corrected chi connectivity index (χ0v) is 13.1. The first-order valence-corrected chi connectivity index (χ1v) is 7.80. The average Bonchev–Trinajstić information content (AvgIpc) is 3.09. The van der Waals surface area contributed by atoms with Crippen LogP contribution in [0.5, 0.6) is 0 Å². The van der Waals surface area contributed by atoms with Crippen LogP contribution in [0, 0.1) is 0 Å². The van der Waals surface area contributed by atoms with Crippen LogP contribution in [0.2, 0.25) is 5.02 Å². The van der Waals surface area contributed by atoms with Gasteiger partial charge in [-0.2, -0.15) is 0 Å². The third kappa shape index (κ3) is 3.83. The van der Waals surface area contributed by atoms with E-state index in [1.165, 1.54) is 5.56 Å². The summed E-state index contributed by atoms with van der Waals surface area (Å²) in [7, 11) is 0. The van der Waals surface area contributed by atoms with Crippen molar-refractivity contribution in [3.63, 3.8) is 0 Å². The molecule has 0 bridgehead atoms. The lowest BCUT2D eigenvalue weighted by Crippen LogP contribution is -2.44. The maximum Gasteiger partial charge on any atom is 0.181 e. The smallest absolute Gasteiger partial charge is 0.181 e. The Balaban J connectivity index is 1.63. The van der Waals surface area contributed by atoms with Gasteiger partial charge in [-0.15, -0.1) is 0 Å². The highest BCUT2D eigenvalue weighted by Crippen LogP contribution is 2.30. The first kappa shape index (κ1) is 15.0. The van der Waals surface area contributed by atoms with E-state index in [1.807, 2.05) is 18.3 Å². The largest absolute Gasteiger partial charge is 0.346 e. The summed E-state index contributed by atoms with van der Waals surface area (Å²) in [6, 6.07) is 7.98. The van der Waals surface area contributed by atoms with Crippen molar-refractivity contribution in [2.24, 2.45) is 4.99 Å². The molecule has 0 N–H and O–H groups in total. The minimum absolute atomic E-state index is 0.152. The van der Waals surface area contributed by atoms with Gasteiger partial charge in [-0.25, -0.2) is 0 Å². The SMILES string of the molecule is C[C@H]1CO[C@@](CCc2ccc(Cl)cc2)(CN2CC=NC2)O1. The number of halogens is 1. The van der Waals surface area contributed by atoms with E-state index < -0.39 is 5.79 Å². The van der Waals surface area contributed by atoms with Crippen molar-refractivity contribution >= 4 is 17.8 Å². The minimum atomic E-state index is -0.507. The van der Waals surface area contributed by atoms with Crippen molar-refractivity contribution in [1.82, 2.24) is 4.90 Å². The summed E-state index contributed by atoms with van der Waals surface area (Å²) < 4.78 is 12.1. The van der Waals surface area contributed by atoms with Gasteiger partial charge < -0.3 is 9.47 Å². The van der Waals surface area contributed by atoms with Crippen molar-refractivity contribution in [3.05, 3.63) is 34.9 Å². The molecule has 0 saturated carbocycles. The zero-order chi connectivity index (χ0) is 14.7. The van der Waals surface area contributed by atoms with Crippen molar-refractivity contribution in [2.75, 3.05) is 26.4 Å². The van der Waals surface area contributed by atoms with Crippen LogP contribution < -0.4 is 0 Å². The molecular formula is C16H21ClN2O2. The summed E-state index contributed by atoms with van der Waals surface area (Å²) in [5.74, 6) is -0.507. The summed E-state index contributed by atoms with van der Waals surface area (Å²) in [4.78, 5) is 6.51. The van der Waals surface area contributed by atoms with Gasteiger partial charge in [-0.1, -0.05) is 23.7 Å². The maximum absolute atomic E-state index is 6.11.